The molecule has 0 spiro atoms. The van der Waals surface area contributed by atoms with Crippen LogP contribution in [-0.4, -0.2) is 4.29 Å². The molecule has 72 valence electrons. The summed E-state index contributed by atoms with van der Waals surface area (Å²) in [6.45, 7) is 3.95. The molecule has 0 unspecified atom stereocenters. The van der Waals surface area contributed by atoms with Crippen molar-refractivity contribution in [2.45, 2.75) is 17.1 Å². The highest BCUT2D eigenvalue weighted by atomic mass is 80.0. The lowest BCUT2D eigenvalue weighted by atomic mass is 10.2. The third kappa shape index (κ3) is 10.7. The molecule has 12 heavy (non-hydrogen) atoms. The van der Waals surface area contributed by atoms with Crippen LogP contribution in [0.4, 0.5) is 0 Å². The highest BCUT2D eigenvalue weighted by Gasteiger charge is 2.24. The summed E-state index contributed by atoms with van der Waals surface area (Å²) in [5, 5.41) is 0. The zero-order valence-electron chi connectivity index (χ0n) is 5.89. The molecule has 0 fully saturated rings. The van der Waals surface area contributed by atoms with Crippen LogP contribution in [-0.2, 0) is 0 Å². The van der Waals surface area contributed by atoms with E-state index in [9.17, 15) is 0 Å². The highest BCUT2D eigenvalue weighted by molar-refractivity contribution is 9.39. The molecule has 0 aromatic rings. The van der Waals surface area contributed by atoms with Gasteiger partial charge < -0.3 is 0 Å². The molecule has 0 aromatic heterocycles. The Morgan fingerprint density at radius 2 is 1.08 bits per heavy atom. The number of halogens is 6. The molecule has 0 amide bonds. The minimum Gasteiger partial charge on any atom is -0.0996 e. The van der Waals surface area contributed by atoms with Crippen molar-refractivity contribution < 1.29 is 0 Å². The van der Waals surface area contributed by atoms with Gasteiger partial charge in [-0.1, -0.05) is 108 Å². The minimum atomic E-state index is -0.234. The minimum absolute atomic E-state index is 0.234. The van der Waals surface area contributed by atoms with Gasteiger partial charge in [0.05, 0.1) is 0 Å². The van der Waals surface area contributed by atoms with Crippen molar-refractivity contribution in [2.24, 2.45) is 0 Å². The summed E-state index contributed by atoms with van der Waals surface area (Å²) < 4.78 is -0.468. The molecular weight excluding hydrogens is 551 g/mol. The smallest absolute Gasteiger partial charge is 0.0996 e. The van der Waals surface area contributed by atoms with Crippen molar-refractivity contribution in [1.29, 1.82) is 0 Å². The van der Waals surface area contributed by atoms with Crippen molar-refractivity contribution in [3.8, 4) is 0 Å². The van der Waals surface area contributed by atoms with Gasteiger partial charge in [-0.15, -0.1) is 0 Å². The van der Waals surface area contributed by atoms with E-state index in [4.69, 9.17) is 0 Å². The van der Waals surface area contributed by atoms with Crippen LogP contribution in [0.15, 0.2) is 12.2 Å². The lowest BCUT2D eigenvalue weighted by Crippen LogP contribution is -2.06. The molecule has 0 rings (SSSR count). The second-order valence-electron chi connectivity index (χ2n) is 2.33. The molecule has 0 nitrogen and oxygen atoms in total. The van der Waals surface area contributed by atoms with Gasteiger partial charge >= 0.3 is 0 Å². The van der Waals surface area contributed by atoms with Crippen LogP contribution in [0.2, 0.25) is 0 Å². The van der Waals surface area contributed by atoms with Crippen LogP contribution in [0.3, 0.4) is 0 Å². The lowest BCUT2D eigenvalue weighted by Gasteiger charge is -2.18. The zero-order chi connectivity index (χ0) is 9.99. The SMILES string of the molecule is C=C(CC(Br)(Br)Br)CC(Br)(Br)Br. The summed E-state index contributed by atoms with van der Waals surface area (Å²) in [6.07, 6.45) is 1.61. The average molecular weight is 558 g/mol. The monoisotopic (exact) mass is 552 g/mol. The van der Waals surface area contributed by atoms with E-state index >= 15 is 0 Å². The fourth-order valence-corrected chi connectivity index (χ4v) is 3.01. The molecule has 0 atom stereocenters. The van der Waals surface area contributed by atoms with Gasteiger partial charge in [0, 0.05) is 12.8 Å². The van der Waals surface area contributed by atoms with E-state index in [1.165, 1.54) is 0 Å². The standard InChI is InChI=1S/C6H6Br6/c1-4(2-5(7,8)9)3-6(10,11)12/h1-3H2. The van der Waals surface area contributed by atoms with Crippen molar-refractivity contribution >= 4 is 95.6 Å². The fourth-order valence-electron chi connectivity index (χ4n) is 0.629. The Kier molecular flexibility index (Phi) is 6.87. The summed E-state index contributed by atoms with van der Waals surface area (Å²) in [6, 6.07) is 0. The van der Waals surface area contributed by atoms with Gasteiger partial charge in [0.15, 0.2) is 0 Å². The summed E-state index contributed by atoms with van der Waals surface area (Å²) in [4.78, 5) is 0. The predicted octanol–water partition coefficient (Wildman–Crippen LogP) is 6.00. The quantitative estimate of drug-likeness (QED) is 0.289. The van der Waals surface area contributed by atoms with Crippen LogP contribution in [0.1, 0.15) is 12.8 Å². The average Bonchev–Trinajstić information content (AvgIpc) is 1.49. The van der Waals surface area contributed by atoms with E-state index in [1.54, 1.807) is 0 Å². The Labute approximate surface area is 123 Å². The molecule has 0 radical (unpaired) electrons. The predicted molar refractivity (Wildman–Crippen MR) is 77.4 cm³/mol. The number of alkyl halides is 6. The Morgan fingerprint density at radius 3 is 1.25 bits per heavy atom. The number of hydrogen-bond acceptors (Lipinski definition) is 0. The van der Waals surface area contributed by atoms with Gasteiger partial charge in [-0.2, -0.15) is 0 Å². The Balaban J connectivity index is 3.92. The van der Waals surface area contributed by atoms with Gasteiger partial charge in [0.1, 0.15) is 4.29 Å². The van der Waals surface area contributed by atoms with E-state index in [0.29, 0.717) is 0 Å². The molecule has 0 aromatic carbocycles. The van der Waals surface area contributed by atoms with Crippen molar-refractivity contribution in [3.63, 3.8) is 0 Å². The van der Waals surface area contributed by atoms with Gasteiger partial charge in [-0.3, -0.25) is 0 Å². The molecule has 0 bridgehead atoms. The first-order valence-electron chi connectivity index (χ1n) is 2.90. The Bertz CT molecular complexity index is 144. The molecular formula is C6H6Br6. The van der Waals surface area contributed by atoms with Crippen LogP contribution in [0.5, 0.6) is 0 Å². The van der Waals surface area contributed by atoms with Crippen molar-refractivity contribution in [2.75, 3.05) is 0 Å². The zero-order valence-corrected chi connectivity index (χ0v) is 15.4. The van der Waals surface area contributed by atoms with E-state index in [2.05, 4.69) is 102 Å². The third-order valence-corrected chi connectivity index (χ3v) is 2.58. The van der Waals surface area contributed by atoms with Crippen LogP contribution < -0.4 is 0 Å². The van der Waals surface area contributed by atoms with E-state index in [0.717, 1.165) is 18.4 Å². The molecule has 0 aliphatic rings. The van der Waals surface area contributed by atoms with Crippen LogP contribution >= 0.6 is 95.6 Å². The molecule has 0 saturated heterocycles. The number of allylic oxidation sites excluding steroid dienone is 1. The first-order valence-corrected chi connectivity index (χ1v) is 7.66. The molecule has 0 heterocycles. The first-order chi connectivity index (χ1) is 5.10. The van der Waals surface area contributed by atoms with Crippen LogP contribution in [0.25, 0.3) is 0 Å². The summed E-state index contributed by atoms with van der Waals surface area (Å²) in [5.74, 6) is 0. The number of hydrogen-bond donors (Lipinski definition) is 0. The van der Waals surface area contributed by atoms with Crippen molar-refractivity contribution in [3.05, 3.63) is 12.2 Å². The van der Waals surface area contributed by atoms with E-state index in [1.807, 2.05) is 0 Å². The molecule has 0 saturated carbocycles. The van der Waals surface area contributed by atoms with Gasteiger partial charge in [-0.25, -0.2) is 0 Å². The van der Waals surface area contributed by atoms with Crippen LogP contribution in [0, 0.1) is 0 Å². The second-order valence-corrected chi connectivity index (χ2v) is 16.8. The Hall–Kier alpha value is 2.62. The summed E-state index contributed by atoms with van der Waals surface area (Å²) >= 11 is 20.5. The molecule has 0 aliphatic heterocycles. The highest BCUT2D eigenvalue weighted by Crippen LogP contribution is 2.44. The second kappa shape index (κ2) is 5.64. The van der Waals surface area contributed by atoms with Crippen molar-refractivity contribution in [1.82, 2.24) is 0 Å². The Morgan fingerprint density at radius 1 is 0.833 bits per heavy atom. The van der Waals surface area contributed by atoms with Gasteiger partial charge in [0.25, 0.3) is 0 Å². The topological polar surface area (TPSA) is 0 Å². The number of rotatable bonds is 2. The molecule has 6 heteroatoms. The lowest BCUT2D eigenvalue weighted by molar-refractivity contribution is 0.949. The van der Waals surface area contributed by atoms with Gasteiger partial charge in [-0.05, 0) is 0 Å². The summed E-state index contributed by atoms with van der Waals surface area (Å²) in [7, 11) is 0. The van der Waals surface area contributed by atoms with E-state index in [-0.39, 0.29) is 4.29 Å². The maximum absolute atomic E-state index is 3.95. The molecule has 0 N–H and O–H groups in total. The maximum Gasteiger partial charge on any atom is 0.138 e. The molecule has 0 aliphatic carbocycles. The van der Waals surface area contributed by atoms with E-state index < -0.39 is 0 Å². The third-order valence-electron chi connectivity index (χ3n) is 0.901. The normalized spacial score (nSPS) is 13.2. The first kappa shape index (κ1) is 14.6. The largest absolute Gasteiger partial charge is 0.138 e. The maximum atomic E-state index is 3.95. The fraction of sp³-hybridized carbons (Fsp3) is 0.667. The summed E-state index contributed by atoms with van der Waals surface area (Å²) in [5.41, 5.74) is 1.10. The van der Waals surface area contributed by atoms with Gasteiger partial charge in [0.2, 0.25) is 0 Å².